The van der Waals surface area contributed by atoms with Gasteiger partial charge >= 0.3 is 12.4 Å². The van der Waals surface area contributed by atoms with Gasteiger partial charge in [0.25, 0.3) is 11.9 Å². The molecule has 1 atom stereocenters. The van der Waals surface area contributed by atoms with Crippen LogP contribution in [0.5, 0.6) is 5.75 Å². The number of nitrogens with one attached hydrogen (secondary N) is 3. The van der Waals surface area contributed by atoms with Gasteiger partial charge in [0.05, 0.1) is 22.2 Å². The Hall–Kier alpha value is -4.79. The summed E-state index contributed by atoms with van der Waals surface area (Å²) in [6, 6.07) is 16.7. The number of alkyl halides is 3. The van der Waals surface area contributed by atoms with Gasteiger partial charge in [-0.3, -0.25) is 19.2 Å². The number of urea groups is 1. The molecule has 3 N–H and O–H groups in total. The van der Waals surface area contributed by atoms with Gasteiger partial charge in [0.2, 0.25) is 0 Å². The number of ether oxygens (including phenoxy) is 1. The Labute approximate surface area is 247 Å². The maximum absolute atomic E-state index is 13.6. The highest BCUT2D eigenvalue weighted by molar-refractivity contribution is 7.84. The Bertz CT molecular complexity index is 1610. The van der Waals surface area contributed by atoms with Crippen LogP contribution in [0, 0.1) is 0 Å². The van der Waals surface area contributed by atoms with Crippen LogP contribution in [0.4, 0.5) is 35.3 Å². The number of hydrogen-bond acceptors (Lipinski definition) is 7. The van der Waals surface area contributed by atoms with Crippen LogP contribution in [0.2, 0.25) is 0 Å². The molecule has 11 nitrogen and oxygen atoms in total. The fourth-order valence-electron chi connectivity index (χ4n) is 3.96. The van der Waals surface area contributed by atoms with Crippen LogP contribution in [0.15, 0.2) is 71.6 Å². The number of amides is 3. The first-order chi connectivity index (χ1) is 20.2. The van der Waals surface area contributed by atoms with Crippen LogP contribution >= 0.6 is 0 Å². The standard InChI is InChI=1S/C28H28F3N7O4S/c1-27(2,3)19-9-12-21(13-10-19)38(16-17-5-7-18(8-6-17)24(39)33-25-34-36-37-35-25)26(40)32-20-11-14-22(42-28(29,30)31)23(15-20)43(4)41/h5-15H,16H2,1-4H3,(H,32,40)(H2,33,34,35,36,37,39). The van der Waals surface area contributed by atoms with E-state index in [0.717, 1.165) is 11.6 Å². The molecule has 3 amide bonds. The van der Waals surface area contributed by atoms with Crippen LogP contribution in [-0.2, 0) is 22.8 Å². The van der Waals surface area contributed by atoms with E-state index in [0.29, 0.717) is 16.8 Å². The maximum Gasteiger partial charge on any atom is 0.573 e. The van der Waals surface area contributed by atoms with Crippen molar-refractivity contribution in [1.82, 2.24) is 20.6 Å². The third-order valence-electron chi connectivity index (χ3n) is 6.15. The first-order valence-corrected chi connectivity index (χ1v) is 14.3. The predicted molar refractivity (Wildman–Crippen MR) is 154 cm³/mol. The number of carbonyl (C=O) groups is 2. The van der Waals surface area contributed by atoms with Gasteiger partial charge in [0.15, 0.2) is 0 Å². The van der Waals surface area contributed by atoms with Gasteiger partial charge in [-0.05, 0) is 64.2 Å². The molecular formula is C28H28F3N7O4S. The van der Waals surface area contributed by atoms with Gasteiger partial charge in [-0.25, -0.2) is 4.79 Å². The van der Waals surface area contributed by atoms with Crippen LogP contribution in [-0.4, -0.2) is 49.4 Å². The number of benzene rings is 3. The van der Waals surface area contributed by atoms with Crippen LogP contribution in [0.1, 0.15) is 42.3 Å². The number of aromatic amines is 1. The topological polar surface area (TPSA) is 142 Å². The second-order valence-electron chi connectivity index (χ2n) is 10.4. The Morgan fingerprint density at radius 3 is 2.21 bits per heavy atom. The Balaban J connectivity index is 1.60. The molecule has 0 aliphatic rings. The predicted octanol–water partition coefficient (Wildman–Crippen LogP) is 5.62. The van der Waals surface area contributed by atoms with Gasteiger partial charge < -0.3 is 10.1 Å². The van der Waals surface area contributed by atoms with Crippen molar-refractivity contribution in [1.29, 1.82) is 0 Å². The van der Waals surface area contributed by atoms with E-state index in [1.165, 1.54) is 23.3 Å². The number of tetrazole rings is 1. The molecule has 43 heavy (non-hydrogen) atoms. The highest BCUT2D eigenvalue weighted by Crippen LogP contribution is 2.31. The summed E-state index contributed by atoms with van der Waals surface area (Å²) in [6.45, 7) is 6.26. The molecule has 0 radical (unpaired) electrons. The highest BCUT2D eigenvalue weighted by Gasteiger charge is 2.32. The van der Waals surface area contributed by atoms with E-state index in [1.807, 2.05) is 12.1 Å². The monoisotopic (exact) mass is 615 g/mol. The zero-order chi connectivity index (χ0) is 31.4. The first-order valence-electron chi connectivity index (χ1n) is 12.8. The molecule has 1 aromatic heterocycles. The number of anilines is 3. The van der Waals surface area contributed by atoms with Gasteiger partial charge in [0, 0.05) is 23.2 Å². The summed E-state index contributed by atoms with van der Waals surface area (Å²) in [7, 11) is -1.84. The molecule has 0 aliphatic carbocycles. The summed E-state index contributed by atoms with van der Waals surface area (Å²) in [6.07, 6.45) is -3.77. The highest BCUT2D eigenvalue weighted by atomic mass is 32.2. The lowest BCUT2D eigenvalue weighted by molar-refractivity contribution is -0.275. The molecule has 0 fully saturated rings. The van der Waals surface area contributed by atoms with Crippen LogP contribution < -0.4 is 20.3 Å². The van der Waals surface area contributed by atoms with Crippen molar-refractivity contribution >= 4 is 40.1 Å². The summed E-state index contributed by atoms with van der Waals surface area (Å²) >= 11 is 0. The van der Waals surface area contributed by atoms with Crippen molar-refractivity contribution in [3.05, 3.63) is 83.4 Å². The van der Waals surface area contributed by atoms with Gasteiger partial charge in [0.1, 0.15) is 5.75 Å². The number of rotatable bonds is 8. The van der Waals surface area contributed by atoms with E-state index in [9.17, 15) is 27.0 Å². The Morgan fingerprint density at radius 2 is 1.65 bits per heavy atom. The Kier molecular flexibility index (Phi) is 9.13. The maximum atomic E-state index is 13.6. The number of carbonyl (C=O) groups excluding carboxylic acids is 2. The minimum atomic E-state index is -4.97. The molecule has 1 unspecified atom stereocenters. The van der Waals surface area contributed by atoms with E-state index in [1.54, 1.807) is 36.4 Å². The summed E-state index contributed by atoms with van der Waals surface area (Å²) in [5.74, 6) is -1.06. The fourth-order valence-corrected chi connectivity index (χ4v) is 4.65. The molecule has 4 aromatic rings. The summed E-state index contributed by atoms with van der Waals surface area (Å²) in [5.41, 5.74) is 2.57. The molecule has 3 aromatic carbocycles. The normalized spacial score (nSPS) is 12.3. The number of aromatic nitrogens is 4. The van der Waals surface area contributed by atoms with Gasteiger partial charge in [-0.2, -0.15) is 5.21 Å². The second kappa shape index (κ2) is 12.6. The smallest absolute Gasteiger partial charge is 0.404 e. The average molecular weight is 616 g/mol. The van der Waals surface area contributed by atoms with Crippen molar-refractivity contribution in [2.24, 2.45) is 0 Å². The van der Waals surface area contributed by atoms with Crippen molar-refractivity contribution in [3.8, 4) is 5.75 Å². The van der Waals surface area contributed by atoms with E-state index >= 15 is 0 Å². The molecule has 15 heteroatoms. The molecule has 0 aliphatic heterocycles. The molecule has 0 spiro atoms. The minimum absolute atomic E-state index is 0.0173. The van der Waals surface area contributed by atoms with Crippen LogP contribution in [0.25, 0.3) is 0 Å². The first kappa shape index (κ1) is 31.2. The van der Waals surface area contributed by atoms with Gasteiger partial charge in [-0.1, -0.05) is 50.1 Å². The lowest BCUT2D eigenvalue weighted by atomic mass is 9.87. The molecule has 0 saturated heterocycles. The number of H-pyrrole nitrogens is 1. The largest absolute Gasteiger partial charge is 0.573 e. The third kappa shape index (κ3) is 8.38. The lowest BCUT2D eigenvalue weighted by Gasteiger charge is -2.25. The quantitative estimate of drug-likeness (QED) is 0.233. The number of halogens is 3. The second-order valence-corrected chi connectivity index (χ2v) is 11.7. The zero-order valence-corrected chi connectivity index (χ0v) is 24.3. The van der Waals surface area contributed by atoms with Crippen molar-refractivity contribution in [2.75, 3.05) is 21.8 Å². The third-order valence-corrected chi connectivity index (χ3v) is 7.09. The van der Waals surface area contributed by atoms with E-state index < -0.39 is 34.8 Å². The summed E-state index contributed by atoms with van der Waals surface area (Å²) < 4.78 is 54.6. The summed E-state index contributed by atoms with van der Waals surface area (Å²) in [5, 5.41) is 18.1. The molecule has 1 heterocycles. The number of nitrogens with zero attached hydrogens (tertiary/aromatic N) is 4. The van der Waals surface area contributed by atoms with Crippen molar-refractivity contribution < 1.29 is 31.7 Å². The van der Waals surface area contributed by atoms with E-state index in [4.69, 9.17) is 0 Å². The molecular weight excluding hydrogens is 587 g/mol. The zero-order valence-electron chi connectivity index (χ0n) is 23.5. The molecule has 0 saturated carbocycles. The van der Waals surface area contributed by atoms with E-state index in [-0.39, 0.29) is 28.5 Å². The van der Waals surface area contributed by atoms with Crippen LogP contribution in [0.3, 0.4) is 0 Å². The minimum Gasteiger partial charge on any atom is -0.404 e. The van der Waals surface area contributed by atoms with Crippen molar-refractivity contribution in [2.45, 2.75) is 44.0 Å². The Morgan fingerprint density at radius 1 is 0.977 bits per heavy atom. The van der Waals surface area contributed by atoms with Crippen molar-refractivity contribution in [3.63, 3.8) is 0 Å². The molecule has 226 valence electrons. The molecule has 4 rings (SSSR count). The SMILES string of the molecule is CS(=O)c1cc(NC(=O)N(Cc2ccc(C(=O)Nc3nn[nH]n3)cc2)c2ccc(C(C)(C)C)cc2)ccc1OC(F)(F)F. The average Bonchev–Trinajstić information content (AvgIpc) is 3.44. The fraction of sp³-hybridized carbons (Fsp3) is 0.250. The lowest BCUT2D eigenvalue weighted by Crippen LogP contribution is -2.34. The summed E-state index contributed by atoms with van der Waals surface area (Å²) in [4.78, 5) is 27.3. The molecule has 0 bridgehead atoms. The van der Waals surface area contributed by atoms with E-state index in [2.05, 4.69) is 56.8 Å². The number of hydrogen-bond donors (Lipinski definition) is 3. The van der Waals surface area contributed by atoms with Gasteiger partial charge in [-0.15, -0.1) is 18.3 Å².